The molecule has 0 aromatic heterocycles. The quantitative estimate of drug-likeness (QED) is 0.189. The van der Waals surface area contributed by atoms with E-state index in [9.17, 15) is 0 Å². The minimum atomic E-state index is -2.43. The van der Waals surface area contributed by atoms with Gasteiger partial charge in [-0.3, -0.25) is 0 Å². The molecule has 0 saturated heterocycles. The van der Waals surface area contributed by atoms with Crippen LogP contribution in [0.15, 0.2) is 112 Å². The van der Waals surface area contributed by atoms with Crippen LogP contribution in [0.1, 0.15) is 59.1 Å². The molecular weight excluding hydrogens is 560 g/mol. The molecule has 0 spiro atoms. The van der Waals surface area contributed by atoms with E-state index in [2.05, 4.69) is 145 Å². The Bertz CT molecular complexity index is 1670. The number of allylic oxidation sites excluding steroid dienone is 4. The molecule has 0 amide bonds. The summed E-state index contributed by atoms with van der Waals surface area (Å²) in [7, 11) is 0. The van der Waals surface area contributed by atoms with Gasteiger partial charge in [-0.2, -0.15) is 0 Å². The third-order valence-electron chi connectivity index (χ3n) is 8.70. The van der Waals surface area contributed by atoms with Gasteiger partial charge in [-0.15, -0.1) is 0 Å². The van der Waals surface area contributed by atoms with Crippen molar-refractivity contribution in [3.63, 3.8) is 0 Å². The summed E-state index contributed by atoms with van der Waals surface area (Å²) in [6.07, 6.45) is 7.45. The van der Waals surface area contributed by atoms with Crippen LogP contribution in [0.3, 0.4) is 0 Å². The predicted molar refractivity (Wildman–Crippen MR) is 171 cm³/mol. The molecule has 0 aliphatic heterocycles. The molecule has 6 rings (SSSR count). The molecular formula is C39H40Zr. The van der Waals surface area contributed by atoms with E-state index in [0.29, 0.717) is 5.92 Å². The Labute approximate surface area is 248 Å². The van der Waals surface area contributed by atoms with Gasteiger partial charge in [0.25, 0.3) is 0 Å². The monoisotopic (exact) mass is 598 g/mol. The van der Waals surface area contributed by atoms with Crippen LogP contribution in [-0.4, -0.2) is 3.21 Å². The summed E-state index contributed by atoms with van der Waals surface area (Å²) < 4.78 is 5.14. The van der Waals surface area contributed by atoms with Crippen molar-refractivity contribution in [3.8, 4) is 33.4 Å². The SMILES string of the molecule is CCC1C=C(C(C)(C)C)C=[C]1[Zr](=[C](C)C)[c]1c(-c2ccccc2)ccc2c1Cc1cc(-c3ccccc3)ccc1-2. The van der Waals surface area contributed by atoms with Crippen LogP contribution in [0, 0.1) is 11.3 Å². The molecule has 1 atom stereocenters. The minimum absolute atomic E-state index is 0.177. The van der Waals surface area contributed by atoms with E-state index < -0.39 is 21.3 Å². The molecule has 0 heterocycles. The zero-order valence-electron chi connectivity index (χ0n) is 24.8. The van der Waals surface area contributed by atoms with Crippen LogP contribution in [0.4, 0.5) is 0 Å². The van der Waals surface area contributed by atoms with E-state index in [-0.39, 0.29) is 5.41 Å². The molecule has 4 aromatic carbocycles. The third-order valence-corrected chi connectivity index (χ3v) is 16.5. The topological polar surface area (TPSA) is 0 Å². The predicted octanol–water partition coefficient (Wildman–Crippen LogP) is 9.94. The molecule has 0 bridgehead atoms. The molecule has 0 N–H and O–H groups in total. The van der Waals surface area contributed by atoms with E-state index in [0.717, 1.165) is 6.42 Å². The fraction of sp³-hybridized carbons (Fsp3) is 0.256. The fourth-order valence-electron chi connectivity index (χ4n) is 6.61. The van der Waals surface area contributed by atoms with Crippen molar-refractivity contribution in [2.24, 2.45) is 11.3 Å². The average molecular weight is 600 g/mol. The van der Waals surface area contributed by atoms with Gasteiger partial charge in [-0.05, 0) is 0 Å². The first-order valence-electron chi connectivity index (χ1n) is 14.8. The summed E-state index contributed by atoms with van der Waals surface area (Å²) >= 11 is -2.43. The van der Waals surface area contributed by atoms with Gasteiger partial charge in [-0.25, -0.2) is 0 Å². The van der Waals surface area contributed by atoms with Crippen molar-refractivity contribution >= 4 is 6.48 Å². The standard InChI is InChI=1S/C25H17.C11H17.C3H6.Zr/c1-3-7-18(8-4-1)20-11-13-24-22(15-20)17-23-16-21(12-14-25(23)24)19-9-5-2-6-10-19;1-5-9-6-7-10(8-9)11(2,3)4;1-3-2;/h1-15H,17H2;7-9H,5H2,1-4H3;1-2H3;. The van der Waals surface area contributed by atoms with Crippen LogP contribution in [0.25, 0.3) is 33.4 Å². The first kappa shape index (κ1) is 27.3. The Morgan fingerprint density at radius 2 is 1.38 bits per heavy atom. The molecule has 0 nitrogen and oxygen atoms in total. The van der Waals surface area contributed by atoms with Crippen LogP contribution in [0.5, 0.6) is 0 Å². The number of hydrogen-bond donors (Lipinski definition) is 0. The van der Waals surface area contributed by atoms with E-state index in [1.54, 1.807) is 15.3 Å². The number of hydrogen-bond acceptors (Lipinski definition) is 0. The van der Waals surface area contributed by atoms with Gasteiger partial charge in [0.2, 0.25) is 0 Å². The first-order chi connectivity index (χ1) is 19.3. The van der Waals surface area contributed by atoms with Crippen LogP contribution >= 0.6 is 0 Å². The summed E-state index contributed by atoms with van der Waals surface area (Å²) in [5.74, 6) is 0.562. The zero-order valence-corrected chi connectivity index (χ0v) is 27.3. The van der Waals surface area contributed by atoms with E-state index >= 15 is 0 Å². The molecule has 200 valence electrons. The van der Waals surface area contributed by atoms with E-state index in [4.69, 9.17) is 0 Å². The van der Waals surface area contributed by atoms with Crippen LogP contribution in [0.2, 0.25) is 0 Å². The summed E-state index contributed by atoms with van der Waals surface area (Å²) in [6, 6.07) is 34.0. The molecule has 0 saturated carbocycles. The average Bonchev–Trinajstić information content (AvgIpc) is 3.55. The van der Waals surface area contributed by atoms with Crippen molar-refractivity contribution in [1.29, 1.82) is 0 Å². The van der Waals surface area contributed by atoms with Crippen molar-refractivity contribution < 1.29 is 21.3 Å². The summed E-state index contributed by atoms with van der Waals surface area (Å²) in [4.78, 5) is 0. The van der Waals surface area contributed by atoms with Gasteiger partial charge in [0.15, 0.2) is 0 Å². The van der Waals surface area contributed by atoms with Gasteiger partial charge < -0.3 is 0 Å². The zero-order chi connectivity index (χ0) is 28.0. The van der Waals surface area contributed by atoms with Crippen molar-refractivity contribution in [1.82, 2.24) is 0 Å². The molecule has 2 aliphatic rings. The van der Waals surface area contributed by atoms with Gasteiger partial charge in [0, 0.05) is 0 Å². The second-order valence-corrected chi connectivity index (χ2v) is 19.6. The van der Waals surface area contributed by atoms with E-state index in [1.165, 1.54) is 50.9 Å². The molecule has 4 aromatic rings. The van der Waals surface area contributed by atoms with Gasteiger partial charge >= 0.3 is 250 Å². The Balaban J connectivity index is 1.57. The summed E-state index contributed by atoms with van der Waals surface area (Å²) in [5.41, 5.74) is 13.1. The van der Waals surface area contributed by atoms with Gasteiger partial charge in [-0.1, -0.05) is 0 Å². The van der Waals surface area contributed by atoms with E-state index in [1.807, 2.05) is 0 Å². The maximum absolute atomic E-state index is 2.64. The van der Waals surface area contributed by atoms with Crippen LogP contribution in [-0.2, 0) is 27.7 Å². The summed E-state index contributed by atoms with van der Waals surface area (Å²) in [5, 5.41) is 0. The fourth-order valence-corrected chi connectivity index (χ4v) is 14.8. The van der Waals surface area contributed by atoms with Crippen LogP contribution < -0.4 is 3.27 Å². The molecule has 0 fully saturated rings. The number of rotatable bonds is 5. The molecule has 1 heteroatoms. The Morgan fingerprint density at radius 3 is 2.00 bits per heavy atom. The Morgan fingerprint density at radius 1 is 0.750 bits per heavy atom. The van der Waals surface area contributed by atoms with Crippen molar-refractivity contribution in [3.05, 3.63) is 123 Å². The van der Waals surface area contributed by atoms with Crippen molar-refractivity contribution in [2.45, 2.75) is 54.4 Å². The first-order valence-corrected chi connectivity index (χ1v) is 18.5. The Kier molecular flexibility index (Phi) is 7.39. The maximum atomic E-state index is 2.64. The molecule has 2 aliphatic carbocycles. The second-order valence-electron chi connectivity index (χ2n) is 12.7. The normalized spacial score (nSPS) is 15.8. The number of fused-ring (bicyclic) bond motifs is 3. The molecule has 40 heavy (non-hydrogen) atoms. The molecule has 0 radical (unpaired) electrons. The summed E-state index contributed by atoms with van der Waals surface area (Å²) in [6.45, 7) is 14.3. The van der Waals surface area contributed by atoms with Gasteiger partial charge in [0.1, 0.15) is 0 Å². The second kappa shape index (κ2) is 10.8. The van der Waals surface area contributed by atoms with Crippen molar-refractivity contribution in [2.75, 3.05) is 0 Å². The third kappa shape index (κ3) is 4.92. The Hall–Kier alpha value is -2.89. The van der Waals surface area contributed by atoms with Gasteiger partial charge in [0.05, 0.1) is 0 Å². The molecule has 1 unspecified atom stereocenters. The number of benzene rings is 4.